The van der Waals surface area contributed by atoms with E-state index in [9.17, 15) is 19.0 Å². The minimum atomic E-state index is -4.47. The van der Waals surface area contributed by atoms with Crippen LogP contribution in [0.4, 0.5) is 0 Å². The number of phosphoric acid groups is 1. The van der Waals surface area contributed by atoms with Crippen molar-refractivity contribution in [1.82, 2.24) is 5.32 Å². The number of likely N-dealkylation sites (N-methyl/N-ethyl adjacent to an activating group) is 1. The summed E-state index contributed by atoms with van der Waals surface area (Å²) in [5.74, 6) is -0.510. The predicted molar refractivity (Wildman–Crippen MR) is 387 cm³/mol. The van der Waals surface area contributed by atoms with Crippen LogP contribution in [-0.4, -0.2) is 74.3 Å². The Morgan fingerprint density at radius 2 is 0.719 bits per heavy atom. The minimum Gasteiger partial charge on any atom is -0.456 e. The smallest absolute Gasteiger partial charge is 0.456 e. The molecule has 0 aromatic carbocycles. The Kier molecular flexibility index (Phi) is 65.0. The number of quaternary nitrogens is 1. The molecule has 514 valence electrons. The Labute approximate surface area is 551 Å². The molecule has 89 heavy (non-hydrogen) atoms. The number of amides is 1. The second-order valence-corrected chi connectivity index (χ2v) is 27.5. The van der Waals surface area contributed by atoms with Crippen LogP contribution in [0.15, 0.2) is 109 Å². The number of hydrogen-bond acceptors (Lipinski definition) is 6. The fourth-order valence-electron chi connectivity index (χ4n) is 10.5. The summed E-state index contributed by atoms with van der Waals surface area (Å²) >= 11 is 0. The summed E-state index contributed by atoms with van der Waals surface area (Å²) in [7, 11) is 1.49. The van der Waals surface area contributed by atoms with Crippen LogP contribution in [0.1, 0.15) is 329 Å². The van der Waals surface area contributed by atoms with Gasteiger partial charge in [0.25, 0.3) is 0 Å². The molecule has 9 nitrogen and oxygen atoms in total. The number of allylic oxidation sites excluding steroid dienone is 17. The zero-order chi connectivity index (χ0) is 64.9. The molecule has 0 bridgehead atoms. The van der Waals surface area contributed by atoms with Gasteiger partial charge in [-0.1, -0.05) is 310 Å². The van der Waals surface area contributed by atoms with Crippen LogP contribution in [0.3, 0.4) is 0 Å². The highest BCUT2D eigenvalue weighted by atomic mass is 31.2. The largest absolute Gasteiger partial charge is 0.472 e. The van der Waals surface area contributed by atoms with E-state index in [0.717, 1.165) is 116 Å². The maximum absolute atomic E-state index is 13.6. The van der Waals surface area contributed by atoms with Gasteiger partial charge in [0, 0.05) is 12.8 Å². The maximum Gasteiger partial charge on any atom is 0.472 e. The second kappa shape index (κ2) is 67.6. The second-order valence-electron chi connectivity index (χ2n) is 26.1. The monoisotopic (exact) mass is 1260 g/mol. The Morgan fingerprint density at radius 1 is 0.404 bits per heavy atom. The lowest BCUT2D eigenvalue weighted by molar-refractivity contribution is -0.870. The number of esters is 1. The highest BCUT2D eigenvalue weighted by Crippen LogP contribution is 2.43. The van der Waals surface area contributed by atoms with Crippen LogP contribution in [0, 0.1) is 0 Å². The molecule has 0 saturated heterocycles. The third kappa shape index (κ3) is 68.9. The lowest BCUT2D eigenvalue weighted by Crippen LogP contribution is -2.47. The number of carbonyl (C=O) groups excluding carboxylic acids is 2. The lowest BCUT2D eigenvalue weighted by Gasteiger charge is -2.27. The number of unbranched alkanes of at least 4 members (excludes halogenated alkanes) is 35. The lowest BCUT2D eigenvalue weighted by atomic mass is 10.0. The van der Waals surface area contributed by atoms with Gasteiger partial charge in [-0.3, -0.25) is 18.6 Å². The summed E-state index contributed by atoms with van der Waals surface area (Å²) < 4.78 is 30.9. The first-order valence-corrected chi connectivity index (χ1v) is 38.7. The molecule has 10 heteroatoms. The van der Waals surface area contributed by atoms with E-state index in [1.165, 1.54) is 180 Å². The fourth-order valence-corrected chi connectivity index (χ4v) is 11.2. The van der Waals surface area contributed by atoms with Gasteiger partial charge in [0.15, 0.2) is 0 Å². The molecule has 0 aromatic heterocycles. The van der Waals surface area contributed by atoms with Crippen LogP contribution in [-0.2, 0) is 27.9 Å². The molecule has 0 fully saturated rings. The van der Waals surface area contributed by atoms with E-state index in [-0.39, 0.29) is 31.5 Å². The number of hydrogen-bond donors (Lipinski definition) is 2. The first kappa shape index (κ1) is 85.7. The number of rotatable bonds is 67. The van der Waals surface area contributed by atoms with Gasteiger partial charge in [0.2, 0.25) is 5.91 Å². The quantitative estimate of drug-likeness (QED) is 0.0205. The van der Waals surface area contributed by atoms with Gasteiger partial charge in [0.05, 0.1) is 33.8 Å². The average molecular weight is 1260 g/mol. The zero-order valence-electron chi connectivity index (χ0n) is 58.9. The van der Waals surface area contributed by atoms with Crippen molar-refractivity contribution in [2.24, 2.45) is 0 Å². The number of nitrogens with one attached hydrogen (secondary N) is 1. The summed E-state index contributed by atoms with van der Waals surface area (Å²) in [6, 6.07) is -0.860. The van der Waals surface area contributed by atoms with E-state index in [0.29, 0.717) is 17.4 Å². The maximum atomic E-state index is 13.6. The standard InChI is InChI=1S/C79H141N2O7P/c1-7-10-13-16-19-22-25-28-30-32-34-36-38-40-42-44-46-48-50-53-56-59-62-65-68-71-78(82)80-76(75-87-89(84,85)86-74-73-81(4,5)6)77(70-67-64-61-58-55-52-27-24-21-18-15-12-9-3)88-79(83)72-69-66-63-60-57-54-51-49-47-45-43-41-39-37-35-33-31-29-26-23-20-17-14-11-8-2/h10,13,19-20,22-23,28-31,34-37,40,42,67,70,76-77H,7-9,11-12,14-18,21,24-27,32-33,38-39,41,43-66,68-69,71-75H2,1-6H3,(H-,80,82,84,85)/p+1/b13-10-,22-19-,23-20-,30-28-,31-29-,36-34-,37-35-,42-40-,70-67+. The van der Waals surface area contributed by atoms with Crippen LogP contribution in [0.5, 0.6) is 0 Å². The van der Waals surface area contributed by atoms with Gasteiger partial charge in [-0.2, -0.15) is 0 Å². The summed E-state index contributed by atoms with van der Waals surface area (Å²) in [6.45, 7) is 6.89. The van der Waals surface area contributed by atoms with Crippen molar-refractivity contribution < 1.29 is 37.3 Å². The molecule has 0 radical (unpaired) electrons. The molecular formula is C79H142N2O7P+. The van der Waals surface area contributed by atoms with Gasteiger partial charge < -0.3 is 19.4 Å². The number of phosphoric ester groups is 1. The van der Waals surface area contributed by atoms with Crippen molar-refractivity contribution in [2.75, 3.05) is 40.9 Å². The number of carbonyl (C=O) groups is 2. The molecule has 0 aliphatic heterocycles. The Hall–Kier alpha value is -3.33. The first-order valence-electron chi connectivity index (χ1n) is 37.2. The third-order valence-electron chi connectivity index (χ3n) is 16.2. The zero-order valence-corrected chi connectivity index (χ0v) is 59.8. The van der Waals surface area contributed by atoms with Crippen molar-refractivity contribution in [3.05, 3.63) is 109 Å². The van der Waals surface area contributed by atoms with E-state index in [1.807, 2.05) is 33.3 Å². The topological polar surface area (TPSA) is 111 Å². The molecular weight excluding hydrogens is 1120 g/mol. The number of ether oxygens (including phenoxy) is 1. The van der Waals surface area contributed by atoms with E-state index >= 15 is 0 Å². The number of nitrogens with zero attached hydrogens (tertiary/aromatic N) is 1. The summed E-state index contributed by atoms with van der Waals surface area (Å²) in [4.78, 5) is 38.0. The highest BCUT2D eigenvalue weighted by molar-refractivity contribution is 7.47. The molecule has 3 unspecified atom stereocenters. The molecule has 0 spiro atoms. The molecule has 0 aliphatic carbocycles. The molecule has 1 amide bonds. The van der Waals surface area contributed by atoms with Crippen molar-refractivity contribution >= 4 is 19.7 Å². The highest BCUT2D eigenvalue weighted by Gasteiger charge is 2.30. The van der Waals surface area contributed by atoms with Gasteiger partial charge in [-0.05, 0) is 115 Å². The molecule has 0 rings (SSSR count). The van der Waals surface area contributed by atoms with E-state index in [2.05, 4.69) is 123 Å². The SMILES string of the molecule is CC/C=C\C/C=C\C/C=C\C/C=C\C/C=C\CCCCCCCCCCCC(=O)NC(COP(=O)(O)OCC[N+](C)(C)C)C(/C=C/CCCCCCCCCCCCC)OC(=O)CCCCCCCCCCCCCC/C=C\C/C=C\C/C=C\CCCCC. The Bertz CT molecular complexity index is 1890. The van der Waals surface area contributed by atoms with E-state index in [1.54, 1.807) is 0 Å². The molecule has 2 N–H and O–H groups in total. The first-order chi connectivity index (χ1) is 43.4. The van der Waals surface area contributed by atoms with Crippen LogP contribution in [0.2, 0.25) is 0 Å². The van der Waals surface area contributed by atoms with Gasteiger partial charge >= 0.3 is 13.8 Å². The minimum absolute atomic E-state index is 0.0346. The van der Waals surface area contributed by atoms with Gasteiger partial charge in [-0.25, -0.2) is 4.57 Å². The molecule has 0 heterocycles. The van der Waals surface area contributed by atoms with Crippen LogP contribution in [0.25, 0.3) is 0 Å². The molecule has 0 aromatic rings. The Balaban J connectivity index is 5.08. The van der Waals surface area contributed by atoms with Crippen molar-refractivity contribution in [3.63, 3.8) is 0 Å². The predicted octanol–water partition coefficient (Wildman–Crippen LogP) is 24.0. The fraction of sp³-hybridized carbons (Fsp3) is 0.747. The van der Waals surface area contributed by atoms with E-state index < -0.39 is 20.0 Å². The normalized spacial score (nSPS) is 14.1. The van der Waals surface area contributed by atoms with Crippen molar-refractivity contribution in [2.45, 2.75) is 341 Å². The van der Waals surface area contributed by atoms with E-state index in [4.69, 9.17) is 13.8 Å². The Morgan fingerprint density at radius 3 is 1.10 bits per heavy atom. The summed E-state index contributed by atoms with van der Waals surface area (Å²) in [5.41, 5.74) is 0. The van der Waals surface area contributed by atoms with Crippen molar-refractivity contribution in [3.8, 4) is 0 Å². The van der Waals surface area contributed by atoms with Crippen LogP contribution < -0.4 is 5.32 Å². The van der Waals surface area contributed by atoms with Crippen molar-refractivity contribution in [1.29, 1.82) is 0 Å². The summed E-state index contributed by atoms with van der Waals surface area (Å²) in [5, 5.41) is 3.07. The third-order valence-corrected chi connectivity index (χ3v) is 17.2. The van der Waals surface area contributed by atoms with Crippen LogP contribution >= 0.6 is 7.82 Å². The molecule has 0 saturated carbocycles. The molecule has 0 aliphatic rings. The van der Waals surface area contributed by atoms with Gasteiger partial charge in [0.1, 0.15) is 19.3 Å². The van der Waals surface area contributed by atoms with Gasteiger partial charge in [-0.15, -0.1) is 0 Å². The summed E-state index contributed by atoms with van der Waals surface area (Å²) in [6.07, 6.45) is 93.8. The average Bonchev–Trinajstić information content (AvgIpc) is 3.67. The molecule has 3 atom stereocenters.